The van der Waals surface area contributed by atoms with Crippen molar-refractivity contribution in [3.05, 3.63) is 82.0 Å². The molecule has 2 aromatic carbocycles. The molecule has 1 aromatic heterocycles. The minimum absolute atomic E-state index is 0.0911. The molecule has 0 spiro atoms. The fourth-order valence-corrected chi connectivity index (χ4v) is 3.24. The number of benzene rings is 2. The molecule has 6 heteroatoms. The van der Waals surface area contributed by atoms with Crippen LogP contribution in [0.1, 0.15) is 23.7 Å². The third-order valence-corrected chi connectivity index (χ3v) is 4.53. The summed E-state index contributed by atoms with van der Waals surface area (Å²) in [6.45, 7) is 0. The Hall–Kier alpha value is -3.25. The van der Waals surface area contributed by atoms with E-state index in [-0.39, 0.29) is 11.4 Å². The number of pyridine rings is 1. The van der Waals surface area contributed by atoms with Crippen LogP contribution in [0.5, 0.6) is 11.5 Å². The van der Waals surface area contributed by atoms with Crippen LogP contribution in [0.25, 0.3) is 11.3 Å². The van der Waals surface area contributed by atoms with Crippen LogP contribution >= 0.6 is 0 Å². The molecule has 3 aromatic rings. The molecule has 0 bridgehead atoms. The highest BCUT2D eigenvalue weighted by Gasteiger charge is 2.30. The molecule has 1 aliphatic carbocycles. The zero-order valence-electron chi connectivity index (χ0n) is 13.8. The van der Waals surface area contributed by atoms with Crippen LogP contribution in [0.2, 0.25) is 0 Å². The van der Waals surface area contributed by atoms with Crippen LogP contribution in [-0.2, 0) is 6.42 Å². The Morgan fingerprint density at radius 1 is 1.12 bits per heavy atom. The Kier molecular flexibility index (Phi) is 4.10. The quantitative estimate of drug-likeness (QED) is 0.557. The van der Waals surface area contributed by atoms with E-state index in [1.807, 2.05) is 30.3 Å². The number of hydrogen-bond acceptors (Lipinski definition) is 5. The Morgan fingerprint density at radius 3 is 2.62 bits per heavy atom. The van der Waals surface area contributed by atoms with Gasteiger partial charge in [0, 0.05) is 23.4 Å². The van der Waals surface area contributed by atoms with Crippen molar-refractivity contribution < 1.29 is 14.8 Å². The fraction of sp³-hybridized carbons (Fsp3) is 0.150. The molecule has 1 atom stereocenters. The predicted molar refractivity (Wildman–Crippen MR) is 96.1 cm³/mol. The van der Waals surface area contributed by atoms with E-state index in [9.17, 15) is 15.2 Å². The van der Waals surface area contributed by atoms with Gasteiger partial charge in [-0.15, -0.1) is 0 Å². The summed E-state index contributed by atoms with van der Waals surface area (Å²) in [4.78, 5) is 15.2. The van der Waals surface area contributed by atoms with Gasteiger partial charge in [-0.25, -0.2) is 0 Å². The number of ether oxygens (including phenoxy) is 1. The highest BCUT2D eigenvalue weighted by Crippen LogP contribution is 2.44. The van der Waals surface area contributed by atoms with Crippen LogP contribution in [-0.4, -0.2) is 15.0 Å². The first-order valence-electron chi connectivity index (χ1n) is 8.31. The fourth-order valence-electron chi connectivity index (χ4n) is 3.24. The third-order valence-electron chi connectivity index (χ3n) is 4.53. The number of nitrogens with zero attached hydrogens (tertiary/aromatic N) is 2. The summed E-state index contributed by atoms with van der Waals surface area (Å²) in [6.07, 6.45) is 2.23. The maximum absolute atomic E-state index is 11.4. The lowest BCUT2D eigenvalue weighted by molar-refractivity contribution is -0.385. The van der Waals surface area contributed by atoms with Crippen molar-refractivity contribution in [1.29, 1.82) is 0 Å². The van der Waals surface area contributed by atoms with Crippen molar-refractivity contribution in [3.63, 3.8) is 0 Å². The van der Waals surface area contributed by atoms with Gasteiger partial charge in [0.2, 0.25) is 5.75 Å². The number of aliphatic hydroxyl groups excluding tert-OH is 1. The van der Waals surface area contributed by atoms with Gasteiger partial charge in [0.25, 0.3) is 0 Å². The van der Waals surface area contributed by atoms with Gasteiger partial charge in [0.1, 0.15) is 5.75 Å². The standard InChI is InChI=1S/C20H16N2O4/c23-19-11-9-16-15(19)8-10-18(22(24)25)20(16)26-14-6-4-13(5-7-14)17-3-1-2-12-21-17/h1-8,10,12,19,23H,9,11H2. The van der Waals surface area contributed by atoms with Crippen molar-refractivity contribution >= 4 is 5.69 Å². The van der Waals surface area contributed by atoms with Crippen LogP contribution in [0.4, 0.5) is 5.69 Å². The zero-order valence-corrected chi connectivity index (χ0v) is 13.8. The zero-order chi connectivity index (χ0) is 18.1. The van der Waals surface area contributed by atoms with Gasteiger partial charge in [-0.3, -0.25) is 15.1 Å². The number of hydrogen-bond donors (Lipinski definition) is 1. The van der Waals surface area contributed by atoms with Gasteiger partial charge < -0.3 is 9.84 Å². The molecular weight excluding hydrogens is 332 g/mol. The number of nitro benzene ring substituents is 1. The molecule has 0 radical (unpaired) electrons. The average molecular weight is 348 g/mol. The van der Waals surface area contributed by atoms with Crippen LogP contribution in [0.3, 0.4) is 0 Å². The number of aliphatic hydroxyl groups is 1. The Labute approximate surface area is 149 Å². The number of fused-ring (bicyclic) bond motifs is 1. The summed E-state index contributed by atoms with van der Waals surface area (Å²) in [7, 11) is 0. The van der Waals surface area contributed by atoms with Crippen molar-refractivity contribution in [2.45, 2.75) is 18.9 Å². The molecular formula is C20H16N2O4. The summed E-state index contributed by atoms with van der Waals surface area (Å²) in [5.41, 5.74) is 3.10. The molecule has 1 unspecified atom stereocenters. The van der Waals surface area contributed by atoms with E-state index < -0.39 is 11.0 Å². The summed E-state index contributed by atoms with van der Waals surface area (Å²) >= 11 is 0. The second kappa shape index (κ2) is 6.57. The highest BCUT2D eigenvalue weighted by molar-refractivity contribution is 5.61. The lowest BCUT2D eigenvalue weighted by atomic mass is 10.1. The third kappa shape index (κ3) is 2.91. The van der Waals surface area contributed by atoms with Gasteiger partial charge in [-0.1, -0.05) is 6.07 Å². The minimum atomic E-state index is -0.598. The summed E-state index contributed by atoms with van der Waals surface area (Å²) in [5, 5.41) is 21.4. The summed E-state index contributed by atoms with van der Waals surface area (Å²) in [6, 6.07) is 15.9. The normalized spacial score (nSPS) is 15.5. The van der Waals surface area contributed by atoms with E-state index in [0.717, 1.165) is 11.3 Å². The molecule has 1 aliphatic rings. The SMILES string of the molecule is O=[N+]([O-])c1ccc2c(c1Oc1ccc(-c3ccccn3)cc1)CCC2O. The molecule has 0 fully saturated rings. The lowest BCUT2D eigenvalue weighted by Gasteiger charge is -2.12. The lowest BCUT2D eigenvalue weighted by Crippen LogP contribution is -1.99. The first-order valence-corrected chi connectivity index (χ1v) is 8.31. The van der Waals surface area contributed by atoms with E-state index in [1.54, 1.807) is 24.4 Å². The molecule has 1 N–H and O–H groups in total. The molecule has 0 saturated carbocycles. The van der Waals surface area contributed by atoms with Crippen LogP contribution in [0, 0.1) is 10.1 Å². The van der Waals surface area contributed by atoms with Gasteiger partial charge in [0.05, 0.1) is 16.7 Å². The predicted octanol–water partition coefficient (Wildman–Crippen LogP) is 4.43. The first-order chi connectivity index (χ1) is 12.6. The number of rotatable bonds is 4. The summed E-state index contributed by atoms with van der Waals surface area (Å²) < 4.78 is 5.88. The molecule has 0 amide bonds. The van der Waals surface area contributed by atoms with Crippen LogP contribution in [0.15, 0.2) is 60.8 Å². The molecule has 130 valence electrons. The van der Waals surface area contributed by atoms with E-state index in [0.29, 0.717) is 29.7 Å². The number of aromatic nitrogens is 1. The molecule has 0 aliphatic heterocycles. The molecule has 1 heterocycles. The first kappa shape index (κ1) is 16.2. The monoisotopic (exact) mass is 348 g/mol. The average Bonchev–Trinajstić information content (AvgIpc) is 3.05. The second-order valence-corrected chi connectivity index (χ2v) is 6.13. The summed E-state index contributed by atoms with van der Waals surface area (Å²) in [5.74, 6) is 0.720. The molecule has 4 rings (SSSR count). The Balaban J connectivity index is 1.68. The highest BCUT2D eigenvalue weighted by atomic mass is 16.6. The van der Waals surface area contributed by atoms with E-state index in [1.165, 1.54) is 6.07 Å². The van der Waals surface area contributed by atoms with Crippen LogP contribution < -0.4 is 4.74 Å². The maximum atomic E-state index is 11.4. The smallest absolute Gasteiger partial charge is 0.311 e. The van der Waals surface area contributed by atoms with E-state index in [4.69, 9.17) is 4.74 Å². The van der Waals surface area contributed by atoms with Crippen molar-refractivity contribution in [1.82, 2.24) is 4.98 Å². The number of nitro groups is 1. The van der Waals surface area contributed by atoms with Gasteiger partial charge in [-0.2, -0.15) is 0 Å². The van der Waals surface area contributed by atoms with Crippen molar-refractivity contribution in [2.24, 2.45) is 0 Å². The topological polar surface area (TPSA) is 85.5 Å². The molecule has 6 nitrogen and oxygen atoms in total. The van der Waals surface area contributed by atoms with Gasteiger partial charge in [-0.05, 0) is 60.9 Å². The Bertz CT molecular complexity index is 956. The van der Waals surface area contributed by atoms with E-state index in [2.05, 4.69) is 4.98 Å². The largest absolute Gasteiger partial charge is 0.450 e. The minimum Gasteiger partial charge on any atom is -0.450 e. The van der Waals surface area contributed by atoms with Gasteiger partial charge >= 0.3 is 5.69 Å². The second-order valence-electron chi connectivity index (χ2n) is 6.13. The van der Waals surface area contributed by atoms with Gasteiger partial charge in [0.15, 0.2) is 0 Å². The van der Waals surface area contributed by atoms with Crippen molar-refractivity contribution in [2.75, 3.05) is 0 Å². The molecule has 26 heavy (non-hydrogen) atoms. The van der Waals surface area contributed by atoms with Crippen molar-refractivity contribution in [3.8, 4) is 22.8 Å². The maximum Gasteiger partial charge on any atom is 0.311 e. The molecule has 0 saturated heterocycles. The Morgan fingerprint density at radius 2 is 1.92 bits per heavy atom. The van der Waals surface area contributed by atoms with E-state index >= 15 is 0 Å².